The van der Waals surface area contributed by atoms with Crippen molar-refractivity contribution < 1.29 is 66.7 Å². The molecular formula is C62H72N4O14S. The first-order chi connectivity index (χ1) is 39.3. The van der Waals surface area contributed by atoms with Gasteiger partial charge >= 0.3 is 35.8 Å². The highest BCUT2D eigenvalue weighted by Crippen LogP contribution is 2.36. The quantitative estimate of drug-likeness (QED) is 0.0117. The van der Waals surface area contributed by atoms with E-state index in [0.717, 1.165) is 90.7 Å². The fraction of sp³-hybridized carbons (Fsp3) is 0.435. The van der Waals surface area contributed by atoms with Crippen LogP contribution in [0.25, 0.3) is 10.2 Å². The second-order valence-electron chi connectivity index (χ2n) is 20.2. The number of anilines is 1. The van der Waals surface area contributed by atoms with E-state index in [-0.39, 0.29) is 35.3 Å². The zero-order valence-corrected chi connectivity index (χ0v) is 47.2. The molecule has 0 amide bonds. The summed E-state index contributed by atoms with van der Waals surface area (Å²) >= 11 is 1.41. The van der Waals surface area contributed by atoms with Crippen molar-refractivity contribution in [2.45, 2.75) is 124 Å². The number of esters is 6. The number of rotatable bonds is 29. The van der Waals surface area contributed by atoms with E-state index in [1.165, 1.54) is 17.6 Å². The molecule has 2 aliphatic rings. The van der Waals surface area contributed by atoms with Crippen molar-refractivity contribution in [1.29, 1.82) is 0 Å². The van der Waals surface area contributed by atoms with Gasteiger partial charge in [-0.1, -0.05) is 24.5 Å². The molecule has 1 N–H and O–H groups in total. The van der Waals surface area contributed by atoms with Crippen molar-refractivity contribution in [1.82, 2.24) is 9.97 Å². The number of hydrogen-bond acceptors (Lipinski definition) is 19. The van der Waals surface area contributed by atoms with Crippen LogP contribution in [0.15, 0.2) is 97.1 Å². The van der Waals surface area contributed by atoms with E-state index >= 15 is 0 Å². The van der Waals surface area contributed by atoms with Gasteiger partial charge in [-0.25, -0.2) is 14.6 Å². The predicted octanol–water partition coefficient (Wildman–Crippen LogP) is 12.0. The molecule has 5 aromatic rings. The van der Waals surface area contributed by atoms with Crippen LogP contribution in [-0.4, -0.2) is 78.4 Å². The molecule has 0 spiro atoms. The normalized spacial score (nSPS) is 16.9. The first-order valence-electron chi connectivity index (χ1n) is 27.8. The fourth-order valence-electron chi connectivity index (χ4n) is 9.45. The van der Waals surface area contributed by atoms with Gasteiger partial charge in [0.25, 0.3) is 0 Å². The van der Waals surface area contributed by atoms with Crippen LogP contribution in [0.4, 0.5) is 5.13 Å². The summed E-state index contributed by atoms with van der Waals surface area (Å²) in [6.07, 6.45) is 14.2. The Morgan fingerprint density at radius 2 is 0.938 bits per heavy atom. The van der Waals surface area contributed by atoms with Gasteiger partial charge in [0.15, 0.2) is 0 Å². The highest BCUT2D eigenvalue weighted by Gasteiger charge is 2.34. The Labute approximate surface area is 476 Å². The van der Waals surface area contributed by atoms with E-state index in [1.54, 1.807) is 66.7 Å². The number of unbranched alkanes of at least 4 members (excludes halogenated alkanes) is 6. The van der Waals surface area contributed by atoms with E-state index in [9.17, 15) is 28.8 Å². The number of hydrogen-bond donors (Lipinski definition) is 1. The number of nitrogens with one attached hydrogen (secondary N) is 1. The second kappa shape index (κ2) is 31.2. The molecule has 0 atom stereocenters. The minimum Gasteiger partial charge on any atom is -0.494 e. The molecule has 2 fully saturated rings. The van der Waals surface area contributed by atoms with Crippen molar-refractivity contribution in [3.8, 4) is 34.5 Å². The zero-order valence-electron chi connectivity index (χ0n) is 46.4. The van der Waals surface area contributed by atoms with Crippen LogP contribution in [-0.2, 0) is 38.2 Å². The number of thiazole rings is 1. The number of hydrazone groups is 1. The fourth-order valence-corrected chi connectivity index (χ4v) is 10.4. The average molecular weight is 1130 g/mol. The monoisotopic (exact) mass is 1130 g/mol. The largest absolute Gasteiger partial charge is 0.494 e. The van der Waals surface area contributed by atoms with Crippen LogP contribution in [0.2, 0.25) is 0 Å². The van der Waals surface area contributed by atoms with Crippen molar-refractivity contribution in [3.05, 3.63) is 115 Å². The van der Waals surface area contributed by atoms with Gasteiger partial charge in [-0.05, 0) is 196 Å². The number of fused-ring (bicyclic) bond motifs is 1. The molecule has 430 valence electrons. The lowest BCUT2D eigenvalue weighted by Crippen LogP contribution is -2.30. The summed E-state index contributed by atoms with van der Waals surface area (Å²) in [5, 5.41) is 4.99. The van der Waals surface area contributed by atoms with Crippen LogP contribution in [0.5, 0.6) is 34.5 Å². The minimum absolute atomic E-state index is 0.203. The summed E-state index contributed by atoms with van der Waals surface area (Å²) < 4.78 is 46.0. The number of ether oxygens (including phenoxy) is 8. The van der Waals surface area contributed by atoms with Crippen LogP contribution in [0.3, 0.4) is 0 Å². The third-order valence-electron chi connectivity index (χ3n) is 14.3. The molecular weight excluding hydrogens is 1060 g/mol. The molecule has 2 aromatic heterocycles. The maximum Gasteiger partial charge on any atom is 0.330 e. The van der Waals surface area contributed by atoms with Gasteiger partial charge in [0.1, 0.15) is 34.5 Å². The Morgan fingerprint density at radius 3 is 1.40 bits per heavy atom. The summed E-state index contributed by atoms with van der Waals surface area (Å²) in [7, 11) is 0. The maximum absolute atomic E-state index is 13.8. The standard InChI is InChI=1S/C62H72N4O14S/c1-6-54(67)75-36-14-10-8-12-34-73-48-24-28-50(29-25-48)77-58(69)43-16-18-45(19-17-43)60(71)79-52-32-33-53(47(38-52)39-63-66-62-65-56-40(3)41(4)64-42(5)57(56)81-62)80-61(72)46-22-20-44(21-23-46)59(70)78-51-30-26-49(27-31-51)74-35-13-9-11-15-37-76-55(68)7-2/h6-7,24-33,38-39,43-46H,1-2,8-23,34-37H2,3-5H3,(H,65,66)/b63-39+/t43-,44-,45-,46-. The molecule has 81 heavy (non-hydrogen) atoms. The lowest BCUT2D eigenvalue weighted by molar-refractivity contribution is -0.145. The molecule has 0 unspecified atom stereocenters. The minimum atomic E-state index is -0.471. The number of nitrogens with zero attached hydrogens (tertiary/aromatic N) is 3. The number of pyridine rings is 1. The van der Waals surface area contributed by atoms with Gasteiger partial charge in [-0.15, -0.1) is 0 Å². The summed E-state index contributed by atoms with van der Waals surface area (Å²) in [4.78, 5) is 85.5. The first kappa shape index (κ1) is 60.7. The number of carbonyl (C=O) groups excluding carboxylic acids is 6. The molecule has 0 aliphatic heterocycles. The number of benzene rings is 3. The Kier molecular flexibility index (Phi) is 23.4. The number of aromatic nitrogens is 2. The van der Waals surface area contributed by atoms with Gasteiger partial charge < -0.3 is 37.9 Å². The Hall–Kier alpha value is -7.93. The van der Waals surface area contributed by atoms with Crippen LogP contribution < -0.4 is 33.8 Å². The first-order valence-corrected chi connectivity index (χ1v) is 28.7. The Morgan fingerprint density at radius 1 is 0.531 bits per heavy atom. The van der Waals surface area contributed by atoms with Crippen molar-refractivity contribution in [2.24, 2.45) is 28.8 Å². The van der Waals surface area contributed by atoms with Crippen LogP contribution in [0.1, 0.15) is 125 Å². The van der Waals surface area contributed by atoms with Gasteiger partial charge in [0.2, 0.25) is 5.13 Å². The topological polar surface area (TPSA) is 226 Å². The highest BCUT2D eigenvalue weighted by molar-refractivity contribution is 7.22. The van der Waals surface area contributed by atoms with E-state index in [1.807, 2.05) is 20.8 Å². The van der Waals surface area contributed by atoms with E-state index < -0.39 is 35.7 Å². The third-order valence-corrected chi connectivity index (χ3v) is 15.3. The van der Waals surface area contributed by atoms with Crippen molar-refractivity contribution in [3.63, 3.8) is 0 Å². The lowest BCUT2D eigenvalue weighted by atomic mass is 9.82. The molecule has 2 heterocycles. The average Bonchev–Trinajstić information content (AvgIpc) is 4.03. The molecule has 0 saturated heterocycles. The van der Waals surface area contributed by atoms with Gasteiger partial charge in [0.05, 0.1) is 72.2 Å². The summed E-state index contributed by atoms with van der Waals surface area (Å²) in [5.74, 6) is -1.58. The smallest absolute Gasteiger partial charge is 0.330 e. The number of carbonyl (C=O) groups is 6. The van der Waals surface area contributed by atoms with Gasteiger partial charge in [-0.2, -0.15) is 5.10 Å². The van der Waals surface area contributed by atoms with Gasteiger partial charge in [-0.3, -0.25) is 29.6 Å². The summed E-state index contributed by atoms with van der Waals surface area (Å²) in [6.45, 7) is 14.4. The Bertz CT molecular complexity index is 2990. The molecule has 0 bridgehead atoms. The van der Waals surface area contributed by atoms with Crippen LogP contribution >= 0.6 is 11.3 Å². The predicted molar refractivity (Wildman–Crippen MR) is 306 cm³/mol. The van der Waals surface area contributed by atoms with E-state index in [4.69, 9.17) is 42.9 Å². The highest BCUT2D eigenvalue weighted by atomic mass is 32.1. The van der Waals surface area contributed by atoms with E-state index in [0.29, 0.717) is 111 Å². The molecule has 2 saturated carbocycles. The zero-order chi connectivity index (χ0) is 57.5. The summed E-state index contributed by atoms with van der Waals surface area (Å²) in [6, 6.07) is 18.5. The van der Waals surface area contributed by atoms with Crippen molar-refractivity contribution >= 4 is 68.7 Å². The molecule has 3 aromatic carbocycles. The maximum atomic E-state index is 13.8. The third kappa shape index (κ3) is 18.8. The summed E-state index contributed by atoms with van der Waals surface area (Å²) in [5.41, 5.74) is 6.93. The number of aryl methyl sites for hydroxylation is 3. The second-order valence-corrected chi connectivity index (χ2v) is 21.2. The van der Waals surface area contributed by atoms with Crippen LogP contribution in [0, 0.1) is 44.4 Å². The molecule has 18 nitrogen and oxygen atoms in total. The van der Waals surface area contributed by atoms with Crippen molar-refractivity contribution in [2.75, 3.05) is 31.9 Å². The molecule has 19 heteroatoms. The van der Waals surface area contributed by atoms with Gasteiger partial charge in [0, 0.05) is 23.4 Å². The molecule has 2 aliphatic carbocycles. The lowest BCUT2D eigenvalue weighted by Gasteiger charge is -2.26. The Balaban J connectivity index is 0.879. The SMILES string of the molecule is C=CC(=O)OCCCCCCOc1ccc(OC(=O)[C@H]2CC[C@H](C(=O)Oc3ccc(OC(=O)[C@H]4CC[C@H](C(=O)Oc5ccc(OCCCCCCOC(=O)C=C)cc5)CC4)c(/C=N/Nc4nc5c(C)c(C)nc(C)c5s4)c3)CC2)cc1. The van der Waals surface area contributed by atoms with E-state index in [2.05, 4.69) is 28.7 Å². The molecule has 0 radical (unpaired) electrons. The molecule has 7 rings (SSSR count).